The highest BCUT2D eigenvalue weighted by Gasteiger charge is 2.40. The summed E-state index contributed by atoms with van der Waals surface area (Å²) < 4.78 is 28.5. The number of anilines is 1. The zero-order valence-corrected chi connectivity index (χ0v) is 15.1. The quantitative estimate of drug-likeness (QED) is 0.862. The monoisotopic (exact) mass is 366 g/mol. The molecule has 0 spiro atoms. The molecule has 3 aliphatic rings. The van der Waals surface area contributed by atoms with Crippen LogP contribution in [0.15, 0.2) is 28.0 Å². The van der Waals surface area contributed by atoms with E-state index in [1.807, 2.05) is 0 Å². The van der Waals surface area contributed by atoms with Crippen molar-refractivity contribution in [2.75, 3.05) is 11.1 Å². The predicted octanol–water partition coefficient (Wildman–Crippen LogP) is 2.98. The first-order valence-electron chi connectivity index (χ1n) is 8.62. The Kier molecular flexibility index (Phi) is 4.34. The van der Waals surface area contributed by atoms with Crippen LogP contribution in [-0.4, -0.2) is 26.1 Å². The molecule has 7 heteroatoms. The Morgan fingerprint density at radius 3 is 2.92 bits per heavy atom. The third-order valence-corrected chi connectivity index (χ3v) is 8.07. The Balaban J connectivity index is 1.57. The van der Waals surface area contributed by atoms with E-state index in [1.165, 1.54) is 12.8 Å². The minimum absolute atomic E-state index is 0.0604. The molecule has 0 saturated heterocycles. The first-order chi connectivity index (χ1) is 11.5. The number of fused-ring (bicyclic) bond motifs is 2. The average Bonchev–Trinajstić information content (AvgIpc) is 3.08. The van der Waals surface area contributed by atoms with Gasteiger partial charge in [0.15, 0.2) is 0 Å². The second kappa shape index (κ2) is 6.35. The molecule has 1 aromatic rings. The van der Waals surface area contributed by atoms with Gasteiger partial charge in [0.25, 0.3) is 0 Å². The first kappa shape index (κ1) is 16.4. The number of sulfonamides is 1. The number of nitrogens with one attached hydrogen (secondary N) is 2. The van der Waals surface area contributed by atoms with Crippen molar-refractivity contribution < 1.29 is 13.2 Å². The van der Waals surface area contributed by atoms with Gasteiger partial charge in [-0.1, -0.05) is 12.8 Å². The van der Waals surface area contributed by atoms with Gasteiger partial charge in [0, 0.05) is 23.1 Å². The number of carbonyl (C=O) groups is 1. The molecule has 3 atom stereocenters. The van der Waals surface area contributed by atoms with Gasteiger partial charge in [-0.25, -0.2) is 13.1 Å². The molecule has 0 aromatic heterocycles. The van der Waals surface area contributed by atoms with Gasteiger partial charge in [-0.3, -0.25) is 4.79 Å². The summed E-state index contributed by atoms with van der Waals surface area (Å²) in [5.41, 5.74) is 0.607. The van der Waals surface area contributed by atoms with Crippen molar-refractivity contribution in [2.45, 2.75) is 54.4 Å². The van der Waals surface area contributed by atoms with Gasteiger partial charge in [-0.15, -0.1) is 11.8 Å². The summed E-state index contributed by atoms with van der Waals surface area (Å²) in [7, 11) is -3.56. The highest BCUT2D eigenvalue weighted by Crippen LogP contribution is 2.44. The van der Waals surface area contributed by atoms with E-state index in [-0.39, 0.29) is 16.8 Å². The molecular weight excluding hydrogens is 344 g/mol. The summed E-state index contributed by atoms with van der Waals surface area (Å²) in [5, 5.41) is 2.81. The van der Waals surface area contributed by atoms with Gasteiger partial charge in [0.1, 0.15) is 0 Å². The molecule has 1 amide bonds. The summed E-state index contributed by atoms with van der Waals surface area (Å²) in [6.07, 6.45) is 6.11. The van der Waals surface area contributed by atoms with Crippen molar-refractivity contribution in [1.82, 2.24) is 4.72 Å². The fraction of sp³-hybridized carbons (Fsp3) is 0.588. The number of hydrogen-bond acceptors (Lipinski definition) is 4. The first-order valence-corrected chi connectivity index (χ1v) is 11.1. The number of rotatable bonds is 3. The molecule has 2 saturated carbocycles. The van der Waals surface area contributed by atoms with Gasteiger partial charge < -0.3 is 5.32 Å². The summed E-state index contributed by atoms with van der Waals surface area (Å²) in [4.78, 5) is 12.9. The smallest absolute Gasteiger partial charge is 0.240 e. The molecule has 4 rings (SSSR count). The zero-order chi connectivity index (χ0) is 16.7. The lowest BCUT2D eigenvalue weighted by atomic mass is 9.98. The number of thioether (sulfide) groups is 1. The van der Waals surface area contributed by atoms with Gasteiger partial charge in [-0.05, 0) is 49.3 Å². The summed E-state index contributed by atoms with van der Waals surface area (Å²) >= 11 is 1.58. The lowest BCUT2D eigenvalue weighted by Gasteiger charge is -2.20. The van der Waals surface area contributed by atoms with Crippen LogP contribution in [0.4, 0.5) is 5.69 Å². The SMILES string of the molecule is O=C1CCSc2ccc(S(=O)(=O)N[C@H]3CC[C@@H]4CCC[C@@H]43)cc2N1. The maximum absolute atomic E-state index is 12.8. The van der Waals surface area contributed by atoms with Crippen LogP contribution >= 0.6 is 11.8 Å². The van der Waals surface area contributed by atoms with Crippen LogP contribution in [0.2, 0.25) is 0 Å². The number of carbonyl (C=O) groups excluding carboxylic acids is 1. The summed E-state index contributed by atoms with van der Waals surface area (Å²) in [5.74, 6) is 1.85. The number of hydrogen-bond donors (Lipinski definition) is 2. The number of amides is 1. The Labute approximate surface area is 147 Å². The third kappa shape index (κ3) is 3.09. The lowest BCUT2D eigenvalue weighted by molar-refractivity contribution is -0.115. The van der Waals surface area contributed by atoms with Gasteiger partial charge in [-0.2, -0.15) is 0 Å². The Morgan fingerprint density at radius 2 is 2.04 bits per heavy atom. The van der Waals surface area contributed by atoms with Gasteiger partial charge in [0.2, 0.25) is 15.9 Å². The Bertz CT molecular complexity index is 763. The maximum Gasteiger partial charge on any atom is 0.240 e. The molecule has 1 aliphatic heterocycles. The standard InChI is InChI=1S/C17H22N2O3S2/c20-17-8-9-23-16-7-5-12(10-15(16)18-17)24(21,22)19-14-6-4-11-2-1-3-13(11)14/h5,7,10-11,13-14,19H,1-4,6,8-9H2,(H,18,20)/t11-,13-,14-/m0/s1. The second-order valence-corrected chi connectivity index (χ2v) is 9.82. The van der Waals surface area contributed by atoms with Crippen LogP contribution in [0.3, 0.4) is 0 Å². The van der Waals surface area contributed by atoms with Crippen LogP contribution in [0.5, 0.6) is 0 Å². The van der Waals surface area contributed by atoms with Crippen LogP contribution in [0.1, 0.15) is 38.5 Å². The average molecular weight is 367 g/mol. The highest BCUT2D eigenvalue weighted by molar-refractivity contribution is 7.99. The molecule has 0 radical (unpaired) electrons. The van der Waals surface area contributed by atoms with Crippen molar-refractivity contribution >= 4 is 33.4 Å². The van der Waals surface area contributed by atoms with Gasteiger partial charge >= 0.3 is 0 Å². The summed E-state index contributed by atoms with van der Waals surface area (Å²) in [6, 6.07) is 5.10. The minimum Gasteiger partial charge on any atom is -0.325 e. The topological polar surface area (TPSA) is 75.3 Å². The van der Waals surface area contributed by atoms with E-state index in [1.54, 1.807) is 30.0 Å². The molecule has 24 heavy (non-hydrogen) atoms. The van der Waals surface area contributed by atoms with Crippen LogP contribution in [0.25, 0.3) is 0 Å². The van der Waals surface area contributed by atoms with E-state index in [0.717, 1.165) is 24.2 Å². The van der Waals surface area contributed by atoms with E-state index in [9.17, 15) is 13.2 Å². The third-order valence-electron chi connectivity index (χ3n) is 5.51. The molecule has 1 heterocycles. The zero-order valence-electron chi connectivity index (χ0n) is 13.5. The van der Waals surface area contributed by atoms with Crippen molar-refractivity contribution in [3.05, 3.63) is 18.2 Å². The van der Waals surface area contributed by atoms with E-state index < -0.39 is 10.0 Å². The lowest BCUT2D eigenvalue weighted by Crippen LogP contribution is -2.37. The minimum atomic E-state index is -3.56. The van der Waals surface area contributed by atoms with Crippen LogP contribution < -0.4 is 10.0 Å². The molecule has 2 N–H and O–H groups in total. The molecule has 2 aliphatic carbocycles. The summed E-state index contributed by atoms with van der Waals surface area (Å²) in [6.45, 7) is 0. The number of benzene rings is 1. The molecule has 0 bridgehead atoms. The van der Waals surface area contributed by atoms with Crippen molar-refractivity contribution in [3.8, 4) is 0 Å². The molecule has 2 fully saturated rings. The molecule has 1 aromatic carbocycles. The van der Waals surface area contributed by atoms with Gasteiger partial charge in [0.05, 0.1) is 10.6 Å². The van der Waals surface area contributed by atoms with Crippen molar-refractivity contribution in [1.29, 1.82) is 0 Å². The van der Waals surface area contributed by atoms with Crippen LogP contribution in [-0.2, 0) is 14.8 Å². The molecule has 130 valence electrons. The van der Waals surface area contributed by atoms with E-state index in [0.29, 0.717) is 29.7 Å². The van der Waals surface area contributed by atoms with E-state index in [4.69, 9.17) is 0 Å². The normalized spacial score (nSPS) is 29.7. The van der Waals surface area contributed by atoms with Crippen molar-refractivity contribution in [3.63, 3.8) is 0 Å². The molecular formula is C17H22N2O3S2. The second-order valence-electron chi connectivity index (χ2n) is 6.96. The molecule has 0 unspecified atom stereocenters. The Morgan fingerprint density at radius 1 is 1.17 bits per heavy atom. The maximum atomic E-state index is 12.8. The van der Waals surface area contributed by atoms with E-state index >= 15 is 0 Å². The van der Waals surface area contributed by atoms with Crippen LogP contribution in [0, 0.1) is 11.8 Å². The predicted molar refractivity (Wildman–Crippen MR) is 94.6 cm³/mol. The largest absolute Gasteiger partial charge is 0.325 e. The van der Waals surface area contributed by atoms with E-state index in [2.05, 4.69) is 10.0 Å². The molecule has 5 nitrogen and oxygen atoms in total. The Hall–Kier alpha value is -1.05. The highest BCUT2D eigenvalue weighted by atomic mass is 32.2. The fourth-order valence-electron chi connectivity index (χ4n) is 4.34. The van der Waals surface area contributed by atoms with Crippen molar-refractivity contribution in [2.24, 2.45) is 11.8 Å². The fourth-order valence-corrected chi connectivity index (χ4v) is 6.63.